The van der Waals surface area contributed by atoms with Gasteiger partial charge in [-0.25, -0.2) is 4.79 Å². The van der Waals surface area contributed by atoms with Crippen LogP contribution in [0.3, 0.4) is 0 Å². The summed E-state index contributed by atoms with van der Waals surface area (Å²) >= 11 is 1.08. The number of hydrogen-bond acceptors (Lipinski definition) is 5. The second-order valence-electron chi connectivity index (χ2n) is 4.02. The van der Waals surface area contributed by atoms with E-state index in [9.17, 15) is 19.5 Å². The number of aliphatic hydroxyl groups is 1. The smallest absolute Gasteiger partial charge is 0.337 e. The molecule has 0 bridgehead atoms. The molecule has 0 spiro atoms. The second-order valence-corrected chi connectivity index (χ2v) is 4.93. The number of aliphatic carboxylic acids is 1. The van der Waals surface area contributed by atoms with Gasteiger partial charge in [0.1, 0.15) is 0 Å². The van der Waals surface area contributed by atoms with Gasteiger partial charge < -0.3 is 15.5 Å². The van der Waals surface area contributed by atoms with Crippen LogP contribution in [-0.4, -0.2) is 40.0 Å². The molecule has 1 unspecified atom stereocenters. The van der Waals surface area contributed by atoms with E-state index in [1.807, 2.05) is 0 Å². The predicted molar refractivity (Wildman–Crippen MR) is 64.9 cm³/mol. The molecule has 18 heavy (non-hydrogen) atoms. The third-order valence-corrected chi connectivity index (χ3v) is 3.21. The summed E-state index contributed by atoms with van der Waals surface area (Å²) in [4.78, 5) is 33.6. The van der Waals surface area contributed by atoms with Gasteiger partial charge in [-0.15, -0.1) is 11.3 Å². The van der Waals surface area contributed by atoms with Crippen molar-refractivity contribution in [2.45, 2.75) is 19.4 Å². The molecule has 0 aliphatic carbocycles. The maximum absolute atomic E-state index is 11.6. The zero-order valence-electron chi connectivity index (χ0n) is 9.89. The molecule has 1 rings (SSSR count). The highest BCUT2D eigenvalue weighted by atomic mass is 32.1. The molecule has 7 heteroatoms. The average Bonchev–Trinajstić information content (AvgIpc) is 2.75. The van der Waals surface area contributed by atoms with Crippen LogP contribution in [0.25, 0.3) is 0 Å². The molecule has 0 fully saturated rings. The molecule has 1 heterocycles. The van der Waals surface area contributed by atoms with Crippen LogP contribution < -0.4 is 5.32 Å². The first-order valence-corrected chi connectivity index (χ1v) is 5.95. The quantitative estimate of drug-likeness (QED) is 0.677. The molecular weight excluding hydrogens is 258 g/mol. The van der Waals surface area contributed by atoms with E-state index in [2.05, 4.69) is 5.32 Å². The Labute approximate surface area is 107 Å². The molecule has 3 N–H and O–H groups in total. The number of carboxylic acid groups (broad SMARTS) is 1. The maximum atomic E-state index is 11.6. The van der Waals surface area contributed by atoms with Gasteiger partial charge in [0.2, 0.25) is 0 Å². The first kappa shape index (κ1) is 14.3. The topological polar surface area (TPSA) is 104 Å². The third-order valence-electron chi connectivity index (χ3n) is 2.28. The lowest BCUT2D eigenvalue weighted by Gasteiger charge is -2.17. The summed E-state index contributed by atoms with van der Waals surface area (Å²) in [6, 6.07) is 1.43. The molecule has 0 aromatic carbocycles. The van der Waals surface area contributed by atoms with E-state index in [1.165, 1.54) is 13.0 Å². The van der Waals surface area contributed by atoms with Crippen molar-refractivity contribution < 1.29 is 24.6 Å². The molecule has 98 valence electrons. The minimum Gasteiger partial charge on any atom is -0.479 e. The van der Waals surface area contributed by atoms with Crippen molar-refractivity contribution in [2.24, 2.45) is 0 Å². The van der Waals surface area contributed by atoms with Gasteiger partial charge in [0, 0.05) is 10.9 Å². The Morgan fingerprint density at radius 2 is 2.06 bits per heavy atom. The van der Waals surface area contributed by atoms with Gasteiger partial charge in [-0.1, -0.05) is 0 Å². The number of carbonyl (C=O) groups excluding carboxylic acids is 2. The van der Waals surface area contributed by atoms with Crippen LogP contribution in [-0.2, 0) is 4.79 Å². The zero-order valence-corrected chi connectivity index (χ0v) is 10.7. The van der Waals surface area contributed by atoms with Gasteiger partial charge >= 0.3 is 5.97 Å². The molecule has 1 amide bonds. The summed E-state index contributed by atoms with van der Waals surface area (Å²) in [5.41, 5.74) is -1.59. The highest BCUT2D eigenvalue weighted by Crippen LogP contribution is 2.15. The van der Waals surface area contributed by atoms with E-state index >= 15 is 0 Å². The molecular formula is C11H13NO5S. The van der Waals surface area contributed by atoms with Crippen LogP contribution in [0.1, 0.15) is 33.9 Å². The van der Waals surface area contributed by atoms with Gasteiger partial charge in [0.15, 0.2) is 11.4 Å². The van der Waals surface area contributed by atoms with Crippen molar-refractivity contribution in [3.05, 3.63) is 21.9 Å². The summed E-state index contributed by atoms with van der Waals surface area (Å²) in [5, 5.41) is 21.9. The van der Waals surface area contributed by atoms with Crippen molar-refractivity contribution in [1.82, 2.24) is 5.32 Å². The van der Waals surface area contributed by atoms with Crippen LogP contribution >= 0.6 is 11.3 Å². The van der Waals surface area contributed by atoms with E-state index in [1.54, 1.807) is 5.38 Å². The SMILES string of the molecule is CC(=O)c1csc(C(=O)NCC(C)(O)C(=O)O)c1. The van der Waals surface area contributed by atoms with Crippen LogP contribution in [0, 0.1) is 0 Å². The lowest BCUT2D eigenvalue weighted by Crippen LogP contribution is -2.46. The molecule has 0 aliphatic rings. The van der Waals surface area contributed by atoms with Crippen molar-refractivity contribution in [1.29, 1.82) is 0 Å². The Hall–Kier alpha value is -1.73. The molecule has 1 atom stereocenters. The number of nitrogens with one attached hydrogen (secondary N) is 1. The Balaban J connectivity index is 2.66. The van der Waals surface area contributed by atoms with Gasteiger partial charge in [-0.3, -0.25) is 9.59 Å². The fourth-order valence-electron chi connectivity index (χ4n) is 1.06. The van der Waals surface area contributed by atoms with E-state index in [0.717, 1.165) is 18.3 Å². The van der Waals surface area contributed by atoms with E-state index in [4.69, 9.17) is 5.11 Å². The van der Waals surface area contributed by atoms with Crippen molar-refractivity contribution in [3.63, 3.8) is 0 Å². The number of thiophene rings is 1. The molecule has 0 aliphatic heterocycles. The van der Waals surface area contributed by atoms with Gasteiger partial charge in [-0.2, -0.15) is 0 Å². The number of carboxylic acids is 1. The number of carbonyl (C=O) groups is 3. The summed E-state index contributed by atoms with van der Waals surface area (Å²) in [7, 11) is 0. The molecule has 0 radical (unpaired) electrons. The number of amides is 1. The largest absolute Gasteiger partial charge is 0.479 e. The normalized spacial score (nSPS) is 13.7. The fraction of sp³-hybridized carbons (Fsp3) is 0.364. The monoisotopic (exact) mass is 271 g/mol. The first-order valence-electron chi connectivity index (χ1n) is 5.07. The molecule has 6 nitrogen and oxygen atoms in total. The predicted octanol–water partition coefficient (Wildman–Crippen LogP) is 0.516. The Morgan fingerprint density at radius 3 is 2.50 bits per heavy atom. The summed E-state index contributed by atoms with van der Waals surface area (Å²) in [6.45, 7) is 2.07. The lowest BCUT2D eigenvalue weighted by molar-refractivity contribution is -0.155. The third kappa shape index (κ3) is 3.38. The second kappa shape index (κ2) is 5.28. The molecule has 0 saturated carbocycles. The summed E-state index contributed by atoms with van der Waals surface area (Å²) in [5.74, 6) is -2.09. The minimum absolute atomic E-state index is 0.150. The lowest BCUT2D eigenvalue weighted by atomic mass is 10.1. The van der Waals surface area contributed by atoms with Crippen LogP contribution in [0.4, 0.5) is 0 Å². The fourth-order valence-corrected chi connectivity index (χ4v) is 1.92. The average molecular weight is 271 g/mol. The highest BCUT2D eigenvalue weighted by Gasteiger charge is 2.30. The standard InChI is InChI=1S/C11H13NO5S/c1-6(13)7-3-8(18-4-7)9(14)12-5-11(2,17)10(15)16/h3-4,17H,5H2,1-2H3,(H,12,14)(H,15,16). The van der Waals surface area contributed by atoms with Crippen molar-refractivity contribution in [2.75, 3.05) is 6.54 Å². The highest BCUT2D eigenvalue weighted by molar-refractivity contribution is 7.12. The summed E-state index contributed by atoms with van der Waals surface area (Å²) < 4.78 is 0. The van der Waals surface area contributed by atoms with Crippen molar-refractivity contribution >= 4 is 29.0 Å². The summed E-state index contributed by atoms with van der Waals surface area (Å²) in [6.07, 6.45) is 0. The number of rotatable bonds is 5. The number of Topliss-reactive ketones (excluding diaryl/α,β-unsaturated/α-hetero) is 1. The Kier molecular flexibility index (Phi) is 4.20. The maximum Gasteiger partial charge on any atom is 0.337 e. The van der Waals surface area contributed by atoms with Crippen LogP contribution in [0.2, 0.25) is 0 Å². The molecule has 0 saturated heterocycles. The number of ketones is 1. The zero-order chi connectivity index (χ0) is 13.9. The Morgan fingerprint density at radius 1 is 1.44 bits per heavy atom. The van der Waals surface area contributed by atoms with Gasteiger partial charge in [0.05, 0.1) is 11.4 Å². The van der Waals surface area contributed by atoms with E-state index in [-0.39, 0.29) is 5.78 Å². The molecule has 1 aromatic heterocycles. The first-order chi connectivity index (χ1) is 8.24. The van der Waals surface area contributed by atoms with E-state index < -0.39 is 24.0 Å². The van der Waals surface area contributed by atoms with Crippen LogP contribution in [0.15, 0.2) is 11.4 Å². The number of hydrogen-bond donors (Lipinski definition) is 3. The van der Waals surface area contributed by atoms with E-state index in [0.29, 0.717) is 10.4 Å². The Bertz CT molecular complexity index is 491. The minimum atomic E-state index is -2.02. The van der Waals surface area contributed by atoms with Crippen molar-refractivity contribution in [3.8, 4) is 0 Å². The van der Waals surface area contributed by atoms with Crippen LogP contribution in [0.5, 0.6) is 0 Å². The van der Waals surface area contributed by atoms with Gasteiger partial charge in [0.25, 0.3) is 5.91 Å². The molecule has 1 aromatic rings. The van der Waals surface area contributed by atoms with Gasteiger partial charge in [-0.05, 0) is 19.9 Å².